The molecule has 0 atom stereocenters. The average molecular weight is 261 g/mol. The maximum atomic E-state index is 12.0. The molecule has 2 aliphatic rings. The maximum Gasteiger partial charge on any atom is 0.242 e. The van der Waals surface area contributed by atoms with Gasteiger partial charge in [-0.3, -0.25) is 4.79 Å². The van der Waals surface area contributed by atoms with E-state index in [1.807, 2.05) is 4.90 Å². The number of carbonyl (C=O) groups excluding carboxylic acids is 1. The lowest BCUT2D eigenvalue weighted by Gasteiger charge is -2.39. The van der Waals surface area contributed by atoms with Crippen LogP contribution in [-0.2, 0) is 4.79 Å². The van der Waals surface area contributed by atoms with Crippen LogP contribution in [0.25, 0.3) is 0 Å². The van der Waals surface area contributed by atoms with Crippen LogP contribution in [0.15, 0.2) is 0 Å². The highest BCUT2D eigenvalue weighted by Crippen LogP contribution is 2.38. The van der Waals surface area contributed by atoms with Crippen molar-refractivity contribution in [2.45, 2.75) is 52.0 Å². The second-order valence-electron chi connectivity index (χ2n) is 6.59. The molecule has 1 saturated carbocycles. The molecule has 2 rings (SSSR count). The third kappa shape index (κ3) is 3.14. The molecule has 0 unspecified atom stereocenters. The minimum atomic E-state index is -0.478. The second kappa shape index (κ2) is 4.77. The van der Waals surface area contributed by atoms with Crippen molar-refractivity contribution in [2.75, 3.05) is 13.1 Å². The fourth-order valence-corrected chi connectivity index (χ4v) is 2.61. The minimum absolute atomic E-state index is 0. The smallest absolute Gasteiger partial charge is 0.242 e. The molecule has 2 fully saturated rings. The highest BCUT2D eigenvalue weighted by atomic mass is 35.5. The van der Waals surface area contributed by atoms with Gasteiger partial charge in [-0.25, -0.2) is 0 Å². The van der Waals surface area contributed by atoms with Gasteiger partial charge in [0, 0.05) is 13.1 Å². The van der Waals surface area contributed by atoms with Crippen LogP contribution >= 0.6 is 12.4 Å². The molecule has 1 amide bonds. The lowest BCUT2D eigenvalue weighted by atomic mass is 9.75. The summed E-state index contributed by atoms with van der Waals surface area (Å²) in [5.41, 5.74) is 5.84. The van der Waals surface area contributed by atoms with E-state index in [1.54, 1.807) is 0 Å². The first-order valence-corrected chi connectivity index (χ1v) is 6.41. The molecule has 0 radical (unpaired) electrons. The van der Waals surface area contributed by atoms with Crippen molar-refractivity contribution in [3.8, 4) is 0 Å². The Morgan fingerprint density at radius 3 is 2.06 bits per heavy atom. The molecule has 0 aromatic carbocycles. The summed E-state index contributed by atoms with van der Waals surface area (Å²) >= 11 is 0. The fraction of sp³-hybridized carbons (Fsp3) is 0.923. The number of rotatable bonds is 1. The molecule has 17 heavy (non-hydrogen) atoms. The summed E-state index contributed by atoms with van der Waals surface area (Å²) in [5, 5.41) is 0. The van der Waals surface area contributed by atoms with Crippen LogP contribution in [0.4, 0.5) is 0 Å². The summed E-state index contributed by atoms with van der Waals surface area (Å²) < 4.78 is 0. The van der Waals surface area contributed by atoms with Gasteiger partial charge in [0.05, 0.1) is 5.54 Å². The van der Waals surface area contributed by atoms with Crippen LogP contribution < -0.4 is 5.73 Å². The number of hydrogen-bond acceptors (Lipinski definition) is 2. The lowest BCUT2D eigenvalue weighted by Crippen LogP contribution is -2.49. The maximum absolute atomic E-state index is 12.0. The summed E-state index contributed by atoms with van der Waals surface area (Å²) in [6.45, 7) is 8.68. The van der Waals surface area contributed by atoms with Crippen molar-refractivity contribution in [3.05, 3.63) is 0 Å². The lowest BCUT2D eigenvalue weighted by molar-refractivity contribution is -0.135. The van der Waals surface area contributed by atoms with Gasteiger partial charge in [0.15, 0.2) is 0 Å². The molecule has 3 nitrogen and oxygen atoms in total. The summed E-state index contributed by atoms with van der Waals surface area (Å²) in [6, 6.07) is 0. The van der Waals surface area contributed by atoms with Gasteiger partial charge in [0.25, 0.3) is 0 Å². The zero-order valence-electron chi connectivity index (χ0n) is 11.2. The number of carbonyl (C=O) groups is 1. The van der Waals surface area contributed by atoms with Gasteiger partial charge in [0.2, 0.25) is 5.91 Å². The predicted octanol–water partition coefficient (Wildman–Crippen LogP) is 2.18. The zero-order chi connectivity index (χ0) is 12.0. The van der Waals surface area contributed by atoms with E-state index in [4.69, 9.17) is 5.73 Å². The first kappa shape index (κ1) is 14.8. The van der Waals surface area contributed by atoms with Gasteiger partial charge in [-0.15, -0.1) is 12.4 Å². The Balaban J connectivity index is 0.00000144. The van der Waals surface area contributed by atoms with Crippen molar-refractivity contribution >= 4 is 18.3 Å². The van der Waals surface area contributed by atoms with E-state index >= 15 is 0 Å². The van der Waals surface area contributed by atoms with Gasteiger partial charge >= 0.3 is 0 Å². The van der Waals surface area contributed by atoms with Crippen LogP contribution in [0.2, 0.25) is 0 Å². The Kier molecular flexibility index (Phi) is 4.15. The molecule has 1 saturated heterocycles. The topological polar surface area (TPSA) is 46.3 Å². The quantitative estimate of drug-likeness (QED) is 0.786. The third-order valence-corrected chi connectivity index (χ3v) is 4.22. The van der Waals surface area contributed by atoms with E-state index < -0.39 is 5.54 Å². The third-order valence-electron chi connectivity index (χ3n) is 4.22. The van der Waals surface area contributed by atoms with E-state index in [9.17, 15) is 4.79 Å². The molecule has 0 aromatic rings. The Hall–Kier alpha value is -0.280. The first-order chi connectivity index (χ1) is 7.33. The van der Waals surface area contributed by atoms with Gasteiger partial charge in [0.1, 0.15) is 0 Å². The summed E-state index contributed by atoms with van der Waals surface area (Å²) in [7, 11) is 0. The zero-order valence-corrected chi connectivity index (χ0v) is 12.0. The van der Waals surface area contributed by atoms with Crippen LogP contribution in [-0.4, -0.2) is 29.4 Å². The molecule has 100 valence electrons. The number of nitrogens with two attached hydrogens (primary N) is 1. The van der Waals surface area contributed by atoms with Gasteiger partial charge in [-0.05, 0) is 37.0 Å². The van der Waals surface area contributed by atoms with Crippen LogP contribution in [0.5, 0.6) is 0 Å². The Morgan fingerprint density at radius 2 is 1.71 bits per heavy atom. The largest absolute Gasteiger partial charge is 0.341 e. The molecule has 1 aliphatic carbocycles. The highest BCUT2D eigenvalue weighted by Gasteiger charge is 2.48. The number of halogens is 1. The standard InChI is InChI=1S/C13H24N2O.ClH/c1-12(2,3)10-4-8-15(9-5-10)11(16)13(14)6-7-13;/h10H,4-9,14H2,1-3H3;1H. The monoisotopic (exact) mass is 260 g/mol. The Morgan fingerprint density at radius 1 is 1.24 bits per heavy atom. The molecule has 1 aliphatic heterocycles. The van der Waals surface area contributed by atoms with Crippen molar-refractivity contribution < 1.29 is 4.79 Å². The minimum Gasteiger partial charge on any atom is -0.341 e. The van der Waals surface area contributed by atoms with Crippen molar-refractivity contribution in [2.24, 2.45) is 17.1 Å². The normalized spacial score (nSPS) is 24.1. The van der Waals surface area contributed by atoms with E-state index in [0.29, 0.717) is 5.41 Å². The van der Waals surface area contributed by atoms with Crippen molar-refractivity contribution in [3.63, 3.8) is 0 Å². The molecule has 4 heteroatoms. The molecule has 0 aromatic heterocycles. The molecule has 2 N–H and O–H groups in total. The molecular weight excluding hydrogens is 236 g/mol. The second-order valence-corrected chi connectivity index (χ2v) is 6.59. The van der Waals surface area contributed by atoms with Gasteiger partial charge < -0.3 is 10.6 Å². The van der Waals surface area contributed by atoms with Crippen LogP contribution in [0.1, 0.15) is 46.5 Å². The predicted molar refractivity (Wildman–Crippen MR) is 72.2 cm³/mol. The summed E-state index contributed by atoms with van der Waals surface area (Å²) in [5.74, 6) is 0.935. The highest BCUT2D eigenvalue weighted by molar-refractivity contribution is 5.89. The Bertz CT molecular complexity index is 286. The van der Waals surface area contributed by atoms with Crippen molar-refractivity contribution in [1.29, 1.82) is 0 Å². The van der Waals surface area contributed by atoms with Gasteiger partial charge in [-0.1, -0.05) is 20.8 Å². The van der Waals surface area contributed by atoms with E-state index in [-0.39, 0.29) is 18.3 Å². The first-order valence-electron chi connectivity index (χ1n) is 6.41. The van der Waals surface area contributed by atoms with E-state index in [1.165, 1.54) is 0 Å². The van der Waals surface area contributed by atoms with Crippen LogP contribution in [0, 0.1) is 11.3 Å². The summed E-state index contributed by atoms with van der Waals surface area (Å²) in [4.78, 5) is 14.0. The fourth-order valence-electron chi connectivity index (χ4n) is 2.61. The number of piperidine rings is 1. The number of nitrogens with zero attached hydrogens (tertiary/aromatic N) is 1. The Labute approximate surface area is 111 Å². The number of amides is 1. The molecule has 1 heterocycles. The molecule has 0 bridgehead atoms. The summed E-state index contributed by atoms with van der Waals surface area (Å²) in [6.07, 6.45) is 4.02. The SMILES string of the molecule is CC(C)(C)C1CCN(C(=O)C2(N)CC2)CC1.Cl. The van der Waals surface area contributed by atoms with Crippen LogP contribution in [0.3, 0.4) is 0 Å². The van der Waals surface area contributed by atoms with E-state index in [0.717, 1.165) is 44.7 Å². The molecular formula is C13H25ClN2O. The number of hydrogen-bond donors (Lipinski definition) is 1. The van der Waals surface area contributed by atoms with Crippen molar-refractivity contribution in [1.82, 2.24) is 4.90 Å². The van der Waals surface area contributed by atoms with E-state index in [2.05, 4.69) is 20.8 Å². The number of likely N-dealkylation sites (tertiary alicyclic amines) is 1. The molecule has 0 spiro atoms. The average Bonchev–Trinajstić information content (AvgIpc) is 2.96. The van der Waals surface area contributed by atoms with Gasteiger partial charge in [-0.2, -0.15) is 0 Å².